The lowest BCUT2D eigenvalue weighted by Gasteiger charge is -2.01. The molecule has 1 aromatic rings. The van der Waals surface area contributed by atoms with Crippen LogP contribution in [0.25, 0.3) is 0 Å². The van der Waals surface area contributed by atoms with Crippen LogP contribution in [0.15, 0.2) is 6.20 Å². The zero-order valence-corrected chi connectivity index (χ0v) is 10.2. The van der Waals surface area contributed by atoms with Crippen LogP contribution >= 0.6 is 34.2 Å². The average molecular weight is 313 g/mol. The van der Waals surface area contributed by atoms with E-state index in [4.69, 9.17) is 16.3 Å². The van der Waals surface area contributed by atoms with Crippen molar-refractivity contribution >= 4 is 34.2 Å². The van der Waals surface area contributed by atoms with E-state index >= 15 is 0 Å². The van der Waals surface area contributed by atoms with Gasteiger partial charge in [0.05, 0.1) is 3.57 Å². The van der Waals surface area contributed by atoms with Crippen molar-refractivity contribution in [2.24, 2.45) is 0 Å². The standard InChI is InChI=1S/C8H10ClIN2O/c1-2-3-13-5-7-11-4-6(10)8(9)12-7/h4H,2-3,5H2,1H3. The van der Waals surface area contributed by atoms with Gasteiger partial charge in [0, 0.05) is 12.8 Å². The fourth-order valence-electron chi connectivity index (χ4n) is 0.757. The highest BCUT2D eigenvalue weighted by atomic mass is 127. The molecule has 0 atom stereocenters. The van der Waals surface area contributed by atoms with Crippen LogP contribution in [0, 0.1) is 3.57 Å². The van der Waals surface area contributed by atoms with Gasteiger partial charge in [-0.1, -0.05) is 18.5 Å². The number of rotatable bonds is 4. The molecule has 0 aromatic carbocycles. The van der Waals surface area contributed by atoms with Crippen molar-refractivity contribution in [2.45, 2.75) is 20.0 Å². The van der Waals surface area contributed by atoms with Crippen molar-refractivity contribution in [3.05, 3.63) is 20.7 Å². The van der Waals surface area contributed by atoms with E-state index in [-0.39, 0.29) is 0 Å². The molecule has 0 aliphatic rings. The summed E-state index contributed by atoms with van der Waals surface area (Å²) in [5, 5.41) is 0.491. The fourth-order valence-corrected chi connectivity index (χ4v) is 1.16. The lowest BCUT2D eigenvalue weighted by molar-refractivity contribution is 0.116. The van der Waals surface area contributed by atoms with E-state index in [1.165, 1.54) is 0 Å². The van der Waals surface area contributed by atoms with Gasteiger partial charge in [-0.2, -0.15) is 0 Å². The number of hydrogen-bond donors (Lipinski definition) is 0. The molecule has 1 aromatic heterocycles. The summed E-state index contributed by atoms with van der Waals surface area (Å²) in [5.41, 5.74) is 0. The molecular formula is C8H10ClIN2O. The van der Waals surface area contributed by atoms with Crippen molar-refractivity contribution in [1.29, 1.82) is 0 Å². The van der Waals surface area contributed by atoms with Crippen molar-refractivity contribution in [3.63, 3.8) is 0 Å². The Bertz CT molecular complexity index is 283. The van der Waals surface area contributed by atoms with Gasteiger partial charge in [-0.15, -0.1) is 0 Å². The number of aromatic nitrogens is 2. The lowest BCUT2D eigenvalue weighted by atomic mass is 10.5. The van der Waals surface area contributed by atoms with E-state index in [0.29, 0.717) is 17.6 Å². The maximum absolute atomic E-state index is 5.81. The molecule has 5 heteroatoms. The van der Waals surface area contributed by atoms with Crippen molar-refractivity contribution in [2.75, 3.05) is 6.61 Å². The van der Waals surface area contributed by atoms with Gasteiger partial charge in [-0.25, -0.2) is 9.97 Å². The average Bonchev–Trinajstić information content (AvgIpc) is 2.12. The minimum atomic E-state index is 0.435. The molecule has 72 valence electrons. The van der Waals surface area contributed by atoms with Crippen LogP contribution in [0.4, 0.5) is 0 Å². The van der Waals surface area contributed by atoms with Gasteiger partial charge in [0.15, 0.2) is 5.82 Å². The number of ether oxygens (including phenoxy) is 1. The first-order valence-electron chi connectivity index (χ1n) is 3.98. The Labute approximate surface area is 96.0 Å². The molecule has 0 bridgehead atoms. The third-order valence-electron chi connectivity index (χ3n) is 1.33. The van der Waals surface area contributed by atoms with E-state index in [0.717, 1.165) is 16.6 Å². The normalized spacial score (nSPS) is 10.4. The first-order chi connectivity index (χ1) is 6.24. The van der Waals surface area contributed by atoms with E-state index in [9.17, 15) is 0 Å². The maximum Gasteiger partial charge on any atom is 0.155 e. The molecule has 0 radical (unpaired) electrons. The Morgan fingerprint density at radius 1 is 1.62 bits per heavy atom. The van der Waals surface area contributed by atoms with Crippen molar-refractivity contribution in [3.8, 4) is 0 Å². The summed E-state index contributed by atoms with van der Waals surface area (Å²) >= 11 is 7.90. The molecule has 0 N–H and O–H groups in total. The maximum atomic E-state index is 5.81. The smallest absolute Gasteiger partial charge is 0.155 e. The number of nitrogens with zero attached hydrogens (tertiary/aromatic N) is 2. The van der Waals surface area contributed by atoms with Gasteiger partial charge in [-0.3, -0.25) is 0 Å². The van der Waals surface area contributed by atoms with Gasteiger partial charge < -0.3 is 4.74 Å². The predicted octanol–water partition coefficient (Wildman–Crippen LogP) is 2.66. The zero-order chi connectivity index (χ0) is 9.68. The van der Waals surface area contributed by atoms with Gasteiger partial charge in [-0.05, 0) is 29.0 Å². The zero-order valence-electron chi connectivity index (χ0n) is 7.26. The molecule has 0 aliphatic carbocycles. The van der Waals surface area contributed by atoms with Crippen molar-refractivity contribution < 1.29 is 4.74 Å². The van der Waals surface area contributed by atoms with Crippen LogP contribution in [0.1, 0.15) is 19.2 Å². The van der Waals surface area contributed by atoms with E-state index in [1.54, 1.807) is 6.20 Å². The second-order valence-corrected chi connectivity index (χ2v) is 4.00. The first kappa shape index (κ1) is 11.1. The van der Waals surface area contributed by atoms with Crippen molar-refractivity contribution in [1.82, 2.24) is 9.97 Å². The van der Waals surface area contributed by atoms with E-state index in [2.05, 4.69) is 39.5 Å². The Kier molecular flexibility index (Phi) is 4.90. The SMILES string of the molecule is CCCOCc1ncc(I)c(Cl)n1. The van der Waals surface area contributed by atoms with Gasteiger partial charge in [0.2, 0.25) is 0 Å². The van der Waals surface area contributed by atoms with Crippen LogP contribution in [-0.4, -0.2) is 16.6 Å². The second kappa shape index (κ2) is 5.72. The molecule has 1 rings (SSSR count). The monoisotopic (exact) mass is 312 g/mol. The third-order valence-corrected chi connectivity index (χ3v) is 2.73. The lowest BCUT2D eigenvalue weighted by Crippen LogP contribution is -2.00. The Balaban J connectivity index is 2.53. The Morgan fingerprint density at radius 3 is 3.00 bits per heavy atom. The van der Waals surface area contributed by atoms with E-state index in [1.807, 2.05) is 0 Å². The van der Waals surface area contributed by atoms with Gasteiger partial charge >= 0.3 is 0 Å². The summed E-state index contributed by atoms with van der Waals surface area (Å²) in [4.78, 5) is 8.15. The molecule has 0 aliphatic heterocycles. The molecule has 0 spiro atoms. The topological polar surface area (TPSA) is 35.0 Å². The summed E-state index contributed by atoms with van der Waals surface area (Å²) in [6, 6.07) is 0. The van der Waals surface area contributed by atoms with Gasteiger partial charge in [0.25, 0.3) is 0 Å². The predicted molar refractivity (Wildman–Crippen MR) is 59.7 cm³/mol. The summed E-state index contributed by atoms with van der Waals surface area (Å²) in [7, 11) is 0. The fraction of sp³-hybridized carbons (Fsp3) is 0.500. The molecule has 0 saturated carbocycles. The van der Waals surface area contributed by atoms with Crippen LogP contribution in [0.5, 0.6) is 0 Å². The molecule has 13 heavy (non-hydrogen) atoms. The summed E-state index contributed by atoms with van der Waals surface area (Å²) in [6.45, 7) is 3.22. The second-order valence-electron chi connectivity index (χ2n) is 2.48. The van der Waals surface area contributed by atoms with Crippen LogP contribution in [-0.2, 0) is 11.3 Å². The highest BCUT2D eigenvalue weighted by Gasteiger charge is 2.01. The molecule has 0 amide bonds. The molecule has 0 saturated heterocycles. The Morgan fingerprint density at radius 2 is 2.38 bits per heavy atom. The summed E-state index contributed by atoms with van der Waals surface area (Å²) in [5.74, 6) is 0.638. The summed E-state index contributed by atoms with van der Waals surface area (Å²) in [6.07, 6.45) is 2.69. The minimum absolute atomic E-state index is 0.435. The minimum Gasteiger partial charge on any atom is -0.373 e. The van der Waals surface area contributed by atoms with E-state index < -0.39 is 0 Å². The highest BCUT2D eigenvalue weighted by molar-refractivity contribution is 14.1. The third kappa shape index (κ3) is 3.74. The molecule has 1 heterocycles. The molecule has 0 fully saturated rings. The quantitative estimate of drug-likeness (QED) is 0.487. The first-order valence-corrected chi connectivity index (χ1v) is 5.44. The summed E-state index contributed by atoms with van der Waals surface area (Å²) < 4.78 is 6.14. The Hall–Kier alpha value is 0.0600. The van der Waals surface area contributed by atoms with Gasteiger partial charge in [0.1, 0.15) is 11.8 Å². The number of hydrogen-bond acceptors (Lipinski definition) is 3. The van der Waals surface area contributed by atoms with Crippen LogP contribution in [0.3, 0.4) is 0 Å². The largest absolute Gasteiger partial charge is 0.373 e. The highest BCUT2D eigenvalue weighted by Crippen LogP contribution is 2.13. The molecular weight excluding hydrogens is 302 g/mol. The molecule has 3 nitrogen and oxygen atoms in total. The molecule has 0 unspecified atom stereocenters. The number of halogens is 2. The van der Waals surface area contributed by atoms with Crippen LogP contribution in [0.2, 0.25) is 5.15 Å². The van der Waals surface area contributed by atoms with Crippen LogP contribution < -0.4 is 0 Å².